The maximum atomic E-state index is 13.9. The van der Waals surface area contributed by atoms with Gasteiger partial charge in [-0.3, -0.25) is 4.72 Å². The highest BCUT2D eigenvalue weighted by Crippen LogP contribution is 2.32. The van der Waals surface area contributed by atoms with E-state index in [1.165, 1.54) is 32.4 Å². The summed E-state index contributed by atoms with van der Waals surface area (Å²) in [5.41, 5.74) is -0.169. The van der Waals surface area contributed by atoms with Gasteiger partial charge in [0.25, 0.3) is 10.0 Å². The van der Waals surface area contributed by atoms with Gasteiger partial charge in [0.05, 0.1) is 30.4 Å². The largest absolute Gasteiger partial charge is 0.493 e. The molecule has 0 aliphatic rings. The van der Waals surface area contributed by atoms with Gasteiger partial charge in [0.15, 0.2) is 11.5 Å². The van der Waals surface area contributed by atoms with Gasteiger partial charge in [-0.1, -0.05) is 6.07 Å². The Hall–Kier alpha value is -2.81. The van der Waals surface area contributed by atoms with E-state index in [9.17, 15) is 17.6 Å². The van der Waals surface area contributed by atoms with Crippen molar-refractivity contribution in [2.24, 2.45) is 0 Å². The van der Waals surface area contributed by atoms with Crippen LogP contribution in [0.4, 0.5) is 10.1 Å². The summed E-state index contributed by atoms with van der Waals surface area (Å²) in [5.74, 6) is -2.43. The summed E-state index contributed by atoms with van der Waals surface area (Å²) in [6.45, 7) is 0. The number of carboxylic acid groups (broad SMARTS) is 1. The first-order chi connectivity index (χ1) is 11.3. The van der Waals surface area contributed by atoms with Crippen molar-refractivity contribution < 1.29 is 32.2 Å². The van der Waals surface area contributed by atoms with Crippen LogP contribution >= 0.6 is 0 Å². The van der Waals surface area contributed by atoms with Gasteiger partial charge in [0.1, 0.15) is 0 Å². The van der Waals surface area contributed by atoms with E-state index in [1.54, 1.807) is 0 Å². The van der Waals surface area contributed by atoms with Gasteiger partial charge in [-0.2, -0.15) is 4.39 Å². The summed E-state index contributed by atoms with van der Waals surface area (Å²) in [7, 11) is -1.62. The molecule has 0 saturated carbocycles. The highest BCUT2D eigenvalue weighted by atomic mass is 32.2. The van der Waals surface area contributed by atoms with E-state index in [-0.39, 0.29) is 27.6 Å². The molecule has 0 radical (unpaired) electrons. The van der Waals surface area contributed by atoms with Gasteiger partial charge in [0, 0.05) is 12.1 Å². The molecule has 0 spiro atoms. The molecule has 0 atom stereocenters. The van der Waals surface area contributed by atoms with Crippen LogP contribution in [0.25, 0.3) is 0 Å². The molecule has 0 fully saturated rings. The molecule has 0 bridgehead atoms. The highest BCUT2D eigenvalue weighted by molar-refractivity contribution is 7.92. The van der Waals surface area contributed by atoms with Crippen molar-refractivity contribution in [3.8, 4) is 11.5 Å². The number of rotatable bonds is 6. The van der Waals surface area contributed by atoms with Crippen molar-refractivity contribution in [2.75, 3.05) is 18.9 Å². The normalized spacial score (nSPS) is 11.0. The zero-order valence-electron chi connectivity index (χ0n) is 12.7. The van der Waals surface area contributed by atoms with Crippen LogP contribution in [-0.2, 0) is 10.0 Å². The van der Waals surface area contributed by atoms with E-state index in [4.69, 9.17) is 14.6 Å². The predicted octanol–water partition coefficient (Wildman–Crippen LogP) is 2.34. The molecule has 24 heavy (non-hydrogen) atoms. The van der Waals surface area contributed by atoms with E-state index in [0.29, 0.717) is 0 Å². The first-order valence-electron chi connectivity index (χ1n) is 6.56. The number of carbonyl (C=O) groups is 1. The van der Waals surface area contributed by atoms with Crippen LogP contribution in [-0.4, -0.2) is 33.7 Å². The molecule has 7 nitrogen and oxygen atoms in total. The molecule has 2 aromatic rings. The van der Waals surface area contributed by atoms with Crippen LogP contribution in [0.15, 0.2) is 41.3 Å². The number of hydrogen-bond acceptors (Lipinski definition) is 5. The average Bonchev–Trinajstić information content (AvgIpc) is 2.56. The number of methoxy groups -OCH3 is 2. The van der Waals surface area contributed by atoms with Crippen molar-refractivity contribution in [1.29, 1.82) is 0 Å². The van der Waals surface area contributed by atoms with Gasteiger partial charge in [0.2, 0.25) is 5.82 Å². The maximum absolute atomic E-state index is 13.9. The minimum atomic E-state index is -4.08. The minimum Gasteiger partial charge on any atom is -0.493 e. The Morgan fingerprint density at radius 3 is 2.21 bits per heavy atom. The summed E-state index contributed by atoms with van der Waals surface area (Å²) in [5, 5.41) is 8.94. The predicted molar refractivity (Wildman–Crippen MR) is 83.7 cm³/mol. The Labute approximate surface area is 137 Å². The molecule has 0 unspecified atom stereocenters. The molecule has 128 valence electrons. The zero-order chi connectivity index (χ0) is 17.9. The molecule has 9 heteroatoms. The van der Waals surface area contributed by atoms with E-state index in [1.807, 2.05) is 0 Å². The van der Waals surface area contributed by atoms with Gasteiger partial charge < -0.3 is 14.6 Å². The van der Waals surface area contributed by atoms with Crippen LogP contribution in [0.2, 0.25) is 0 Å². The number of benzene rings is 2. The van der Waals surface area contributed by atoms with Crippen LogP contribution in [0, 0.1) is 5.82 Å². The number of ether oxygens (including phenoxy) is 2. The number of halogens is 1. The zero-order valence-corrected chi connectivity index (χ0v) is 13.6. The molecular formula is C15H14FNO6S. The van der Waals surface area contributed by atoms with Crippen molar-refractivity contribution in [3.63, 3.8) is 0 Å². The summed E-state index contributed by atoms with van der Waals surface area (Å²) in [6.07, 6.45) is 0. The third-order valence-electron chi connectivity index (χ3n) is 3.09. The van der Waals surface area contributed by atoms with E-state index >= 15 is 0 Å². The van der Waals surface area contributed by atoms with E-state index < -0.39 is 21.8 Å². The van der Waals surface area contributed by atoms with Crippen LogP contribution < -0.4 is 14.2 Å². The third-order valence-corrected chi connectivity index (χ3v) is 4.47. The number of sulfonamides is 1. The van der Waals surface area contributed by atoms with Gasteiger partial charge in [-0.15, -0.1) is 0 Å². The Morgan fingerprint density at radius 2 is 1.71 bits per heavy atom. The third kappa shape index (κ3) is 3.57. The van der Waals surface area contributed by atoms with Gasteiger partial charge in [-0.25, -0.2) is 13.2 Å². The molecule has 0 aliphatic heterocycles. The average molecular weight is 355 g/mol. The van der Waals surface area contributed by atoms with E-state index in [2.05, 4.69) is 4.72 Å². The fourth-order valence-electron chi connectivity index (χ4n) is 1.94. The molecular weight excluding hydrogens is 341 g/mol. The molecule has 0 amide bonds. The Bertz CT molecular complexity index is 856. The molecule has 0 aromatic heterocycles. The summed E-state index contributed by atoms with van der Waals surface area (Å²) in [4.78, 5) is 10.7. The first-order valence-corrected chi connectivity index (χ1v) is 8.04. The minimum absolute atomic E-state index is 0.00540. The maximum Gasteiger partial charge on any atom is 0.335 e. The number of hydrogen-bond donors (Lipinski definition) is 2. The quantitative estimate of drug-likeness (QED) is 0.825. The fraction of sp³-hybridized carbons (Fsp3) is 0.133. The lowest BCUT2D eigenvalue weighted by Crippen LogP contribution is -2.14. The Kier molecular flexibility index (Phi) is 4.93. The Balaban J connectivity index is 2.43. The fourth-order valence-corrected chi connectivity index (χ4v) is 3.02. The molecule has 0 saturated heterocycles. The summed E-state index contributed by atoms with van der Waals surface area (Å²) < 4.78 is 50.5. The smallest absolute Gasteiger partial charge is 0.335 e. The van der Waals surface area contributed by atoms with Crippen molar-refractivity contribution in [1.82, 2.24) is 0 Å². The molecule has 0 heterocycles. The van der Waals surface area contributed by atoms with Crippen molar-refractivity contribution in [3.05, 3.63) is 47.8 Å². The highest BCUT2D eigenvalue weighted by Gasteiger charge is 2.19. The second-order valence-electron chi connectivity index (χ2n) is 4.63. The second kappa shape index (κ2) is 6.75. The lowest BCUT2D eigenvalue weighted by Gasteiger charge is -2.12. The summed E-state index contributed by atoms with van der Waals surface area (Å²) >= 11 is 0. The number of carboxylic acids is 1. The topological polar surface area (TPSA) is 102 Å². The van der Waals surface area contributed by atoms with Crippen LogP contribution in [0.3, 0.4) is 0 Å². The lowest BCUT2D eigenvalue weighted by atomic mass is 10.2. The number of aromatic carboxylic acids is 1. The Morgan fingerprint density at radius 1 is 1.12 bits per heavy atom. The summed E-state index contributed by atoms with van der Waals surface area (Å²) in [6, 6.07) is 7.14. The van der Waals surface area contributed by atoms with Crippen LogP contribution in [0.1, 0.15) is 10.4 Å². The van der Waals surface area contributed by atoms with Gasteiger partial charge >= 0.3 is 5.97 Å². The molecule has 2 aromatic carbocycles. The molecule has 2 rings (SSSR count). The van der Waals surface area contributed by atoms with Gasteiger partial charge in [-0.05, 0) is 18.2 Å². The SMILES string of the molecule is COc1cc(NS(=O)(=O)c2cccc(C(=O)O)c2)cc(OC)c1F. The van der Waals surface area contributed by atoms with E-state index in [0.717, 1.165) is 18.2 Å². The van der Waals surface area contributed by atoms with Crippen LogP contribution in [0.5, 0.6) is 11.5 Å². The standard InChI is InChI=1S/C15H14FNO6S/c1-22-12-7-10(8-13(23-2)14(12)16)17-24(20,21)11-5-3-4-9(6-11)15(18)19/h3-8,17H,1-2H3,(H,18,19). The number of nitrogens with one attached hydrogen (secondary N) is 1. The van der Waals surface area contributed by atoms with Crippen molar-refractivity contribution in [2.45, 2.75) is 4.90 Å². The van der Waals surface area contributed by atoms with Crippen molar-refractivity contribution >= 4 is 21.7 Å². The lowest BCUT2D eigenvalue weighted by molar-refractivity contribution is 0.0696. The second-order valence-corrected chi connectivity index (χ2v) is 6.32. The first kappa shape index (κ1) is 17.5. The molecule has 2 N–H and O–H groups in total. The molecule has 0 aliphatic carbocycles. The monoisotopic (exact) mass is 355 g/mol. The number of anilines is 1.